The minimum atomic E-state index is 0.140. The van der Waals surface area contributed by atoms with Crippen LogP contribution < -0.4 is 0 Å². The lowest BCUT2D eigenvalue weighted by molar-refractivity contribution is -0.133. The van der Waals surface area contributed by atoms with Crippen LogP contribution in [0.25, 0.3) is 11.6 Å². The zero-order valence-electron chi connectivity index (χ0n) is 17.8. The van der Waals surface area contributed by atoms with Crippen LogP contribution in [0.5, 0.6) is 0 Å². The van der Waals surface area contributed by atoms with Gasteiger partial charge in [0.05, 0.1) is 5.69 Å². The first-order valence-corrected chi connectivity index (χ1v) is 10.4. The molecule has 1 fully saturated rings. The zero-order valence-corrected chi connectivity index (χ0v) is 17.8. The molecule has 0 spiro atoms. The van der Waals surface area contributed by atoms with Gasteiger partial charge in [-0.25, -0.2) is 0 Å². The van der Waals surface area contributed by atoms with Gasteiger partial charge in [-0.3, -0.25) is 14.4 Å². The first kappa shape index (κ1) is 20.3. The maximum atomic E-state index is 12.6. The summed E-state index contributed by atoms with van der Waals surface area (Å²) in [7, 11) is 1.84. The molecular formula is C22H28N6O2. The lowest BCUT2D eigenvalue weighted by Gasteiger charge is -2.34. The molecule has 0 bridgehead atoms. The van der Waals surface area contributed by atoms with Crippen molar-refractivity contribution in [2.75, 3.05) is 26.2 Å². The molecule has 30 heavy (non-hydrogen) atoms. The van der Waals surface area contributed by atoms with E-state index in [0.29, 0.717) is 24.6 Å². The predicted molar refractivity (Wildman–Crippen MR) is 113 cm³/mol. The number of piperazine rings is 1. The Labute approximate surface area is 176 Å². The number of aryl methyl sites for hydroxylation is 4. The Balaban J connectivity index is 1.25. The molecule has 8 heteroatoms. The number of carbonyl (C=O) groups is 1. The molecule has 0 unspecified atom stereocenters. The highest BCUT2D eigenvalue weighted by molar-refractivity contribution is 5.76. The van der Waals surface area contributed by atoms with Crippen molar-refractivity contribution in [2.45, 2.75) is 33.2 Å². The van der Waals surface area contributed by atoms with Gasteiger partial charge in [0.2, 0.25) is 11.8 Å². The summed E-state index contributed by atoms with van der Waals surface area (Å²) < 4.78 is 7.45. The summed E-state index contributed by atoms with van der Waals surface area (Å²) in [5.41, 5.74) is 4.28. The first-order chi connectivity index (χ1) is 14.5. The average molecular weight is 409 g/mol. The van der Waals surface area contributed by atoms with Crippen LogP contribution in [0.3, 0.4) is 0 Å². The molecule has 1 saturated heterocycles. The Bertz CT molecular complexity index is 1020. The van der Waals surface area contributed by atoms with Crippen molar-refractivity contribution in [3.05, 3.63) is 53.0 Å². The van der Waals surface area contributed by atoms with Crippen molar-refractivity contribution < 1.29 is 9.21 Å². The fourth-order valence-electron chi connectivity index (χ4n) is 3.86. The van der Waals surface area contributed by atoms with E-state index in [1.54, 1.807) is 4.68 Å². The molecule has 1 amide bonds. The van der Waals surface area contributed by atoms with Crippen molar-refractivity contribution in [1.82, 2.24) is 29.8 Å². The zero-order chi connectivity index (χ0) is 21.1. The lowest BCUT2D eigenvalue weighted by atomic mass is 10.1. The average Bonchev–Trinajstić information content (AvgIpc) is 3.32. The van der Waals surface area contributed by atoms with E-state index in [1.165, 1.54) is 11.1 Å². The van der Waals surface area contributed by atoms with Crippen LogP contribution in [0.1, 0.15) is 29.1 Å². The fraction of sp³-hybridized carbons (Fsp3) is 0.455. The van der Waals surface area contributed by atoms with Crippen LogP contribution >= 0.6 is 0 Å². The van der Waals surface area contributed by atoms with E-state index < -0.39 is 0 Å². The van der Waals surface area contributed by atoms with E-state index in [1.807, 2.05) is 24.9 Å². The third-order valence-electron chi connectivity index (χ3n) is 5.45. The summed E-state index contributed by atoms with van der Waals surface area (Å²) in [5, 5.41) is 12.5. The molecule has 2 aromatic heterocycles. The van der Waals surface area contributed by atoms with Gasteiger partial charge in [-0.1, -0.05) is 29.8 Å². The molecule has 1 aromatic carbocycles. The van der Waals surface area contributed by atoms with Crippen molar-refractivity contribution in [3.8, 4) is 11.6 Å². The van der Waals surface area contributed by atoms with Crippen molar-refractivity contribution >= 4 is 5.91 Å². The number of rotatable bonds is 6. The minimum absolute atomic E-state index is 0.140. The molecule has 0 atom stereocenters. The second-order valence-electron chi connectivity index (χ2n) is 7.94. The van der Waals surface area contributed by atoms with E-state index in [-0.39, 0.29) is 5.91 Å². The van der Waals surface area contributed by atoms with Crippen LogP contribution in [0.15, 0.2) is 34.7 Å². The van der Waals surface area contributed by atoms with Gasteiger partial charge >= 0.3 is 0 Å². The SMILES string of the molecule is Cc1cccc(CN2CCN(C(=O)CCc3nnc(-c4cc(C)nn4C)o3)CC2)c1. The van der Waals surface area contributed by atoms with Gasteiger partial charge in [0.25, 0.3) is 5.89 Å². The molecular weight excluding hydrogens is 380 g/mol. The molecule has 3 heterocycles. The maximum absolute atomic E-state index is 12.6. The topological polar surface area (TPSA) is 80.3 Å². The van der Waals surface area contributed by atoms with Crippen LogP contribution in [-0.2, 0) is 24.8 Å². The molecule has 0 aliphatic carbocycles. The third-order valence-corrected chi connectivity index (χ3v) is 5.45. The van der Waals surface area contributed by atoms with E-state index in [4.69, 9.17) is 4.42 Å². The van der Waals surface area contributed by atoms with Crippen molar-refractivity contribution in [1.29, 1.82) is 0 Å². The molecule has 4 rings (SSSR count). The van der Waals surface area contributed by atoms with Gasteiger partial charge < -0.3 is 9.32 Å². The molecule has 0 saturated carbocycles. The number of hydrogen-bond acceptors (Lipinski definition) is 6. The van der Waals surface area contributed by atoms with Gasteiger partial charge in [0, 0.05) is 52.6 Å². The standard InChI is InChI=1S/C22H28N6O2/c1-16-5-4-6-18(13-16)15-27-9-11-28(12-10-27)21(29)8-7-20-23-24-22(30-20)19-14-17(2)25-26(19)3/h4-6,13-14H,7-12,15H2,1-3H3. The molecule has 158 valence electrons. The van der Waals surface area contributed by atoms with Crippen molar-refractivity contribution in [2.24, 2.45) is 7.05 Å². The third kappa shape index (κ3) is 4.76. The van der Waals surface area contributed by atoms with E-state index in [9.17, 15) is 4.79 Å². The lowest BCUT2D eigenvalue weighted by Crippen LogP contribution is -2.48. The number of aromatic nitrogens is 4. The highest BCUT2D eigenvalue weighted by Gasteiger charge is 2.22. The second-order valence-corrected chi connectivity index (χ2v) is 7.94. The number of hydrogen-bond donors (Lipinski definition) is 0. The summed E-state index contributed by atoms with van der Waals surface area (Å²) in [4.78, 5) is 17.0. The number of benzene rings is 1. The smallest absolute Gasteiger partial charge is 0.265 e. The summed E-state index contributed by atoms with van der Waals surface area (Å²) in [6.07, 6.45) is 0.829. The van der Waals surface area contributed by atoms with Gasteiger partial charge in [-0.05, 0) is 25.5 Å². The first-order valence-electron chi connectivity index (χ1n) is 10.4. The predicted octanol–water partition coefficient (Wildman–Crippen LogP) is 2.36. The van der Waals surface area contributed by atoms with Crippen LogP contribution in [0, 0.1) is 13.8 Å². The normalized spacial score (nSPS) is 15.0. The Morgan fingerprint density at radius 1 is 1.10 bits per heavy atom. The van der Waals surface area contributed by atoms with Crippen LogP contribution in [0.4, 0.5) is 0 Å². The molecule has 0 N–H and O–H groups in total. The summed E-state index contributed by atoms with van der Waals surface area (Å²) >= 11 is 0. The molecule has 8 nitrogen and oxygen atoms in total. The Morgan fingerprint density at radius 2 is 1.90 bits per heavy atom. The van der Waals surface area contributed by atoms with Gasteiger partial charge in [-0.15, -0.1) is 10.2 Å². The van der Waals surface area contributed by atoms with E-state index in [2.05, 4.69) is 51.4 Å². The highest BCUT2D eigenvalue weighted by atomic mass is 16.4. The van der Waals surface area contributed by atoms with E-state index >= 15 is 0 Å². The summed E-state index contributed by atoms with van der Waals surface area (Å²) in [6.45, 7) is 8.27. The van der Waals surface area contributed by atoms with Crippen molar-refractivity contribution in [3.63, 3.8) is 0 Å². The molecule has 3 aromatic rings. The Hall–Kier alpha value is -3.00. The number of amides is 1. The van der Waals surface area contributed by atoms with E-state index in [0.717, 1.165) is 44.1 Å². The summed E-state index contributed by atoms with van der Waals surface area (Å²) in [6, 6.07) is 10.5. The van der Waals surface area contributed by atoms with Crippen LogP contribution in [-0.4, -0.2) is 61.9 Å². The highest BCUT2D eigenvalue weighted by Crippen LogP contribution is 2.19. The minimum Gasteiger partial charge on any atom is -0.419 e. The second kappa shape index (κ2) is 8.79. The molecule has 0 radical (unpaired) electrons. The Kier molecular flexibility index (Phi) is 5.94. The molecule has 1 aliphatic rings. The van der Waals surface area contributed by atoms with Gasteiger partial charge in [0.1, 0.15) is 5.69 Å². The Morgan fingerprint density at radius 3 is 2.60 bits per heavy atom. The van der Waals surface area contributed by atoms with Gasteiger partial charge in [0.15, 0.2) is 0 Å². The molecule has 1 aliphatic heterocycles. The monoisotopic (exact) mass is 408 g/mol. The largest absolute Gasteiger partial charge is 0.419 e. The fourth-order valence-corrected chi connectivity index (χ4v) is 3.86. The van der Waals surface area contributed by atoms with Crippen LogP contribution in [0.2, 0.25) is 0 Å². The van der Waals surface area contributed by atoms with Gasteiger partial charge in [-0.2, -0.15) is 5.10 Å². The number of nitrogens with zero attached hydrogens (tertiary/aromatic N) is 6. The summed E-state index contributed by atoms with van der Waals surface area (Å²) in [5.74, 6) is 1.06. The number of carbonyl (C=O) groups excluding carboxylic acids is 1. The maximum Gasteiger partial charge on any atom is 0.265 e. The quantitative estimate of drug-likeness (QED) is 0.623.